The van der Waals surface area contributed by atoms with E-state index in [2.05, 4.69) is 21.2 Å². The molecule has 1 aromatic rings. The molecule has 0 bridgehead atoms. The van der Waals surface area contributed by atoms with Crippen LogP contribution in [0.3, 0.4) is 0 Å². The van der Waals surface area contributed by atoms with Crippen molar-refractivity contribution < 1.29 is 14.7 Å². The van der Waals surface area contributed by atoms with Gasteiger partial charge < -0.3 is 10.4 Å². The second-order valence-corrected chi connectivity index (χ2v) is 5.11. The van der Waals surface area contributed by atoms with Crippen LogP contribution in [-0.2, 0) is 9.59 Å². The summed E-state index contributed by atoms with van der Waals surface area (Å²) in [6.45, 7) is 1.93. The zero-order valence-corrected chi connectivity index (χ0v) is 10.8. The van der Waals surface area contributed by atoms with Crippen LogP contribution in [0.1, 0.15) is 12.0 Å². The summed E-state index contributed by atoms with van der Waals surface area (Å²) >= 11 is 3.34. The highest BCUT2D eigenvalue weighted by Crippen LogP contribution is 2.39. The first-order valence-corrected chi connectivity index (χ1v) is 6.08. The van der Waals surface area contributed by atoms with Crippen LogP contribution in [0, 0.1) is 18.8 Å². The molecule has 1 amide bonds. The van der Waals surface area contributed by atoms with Crippen molar-refractivity contribution in [1.29, 1.82) is 0 Å². The number of anilines is 1. The Balaban J connectivity index is 2.04. The largest absolute Gasteiger partial charge is 0.481 e. The number of hydrogen-bond donors (Lipinski definition) is 2. The molecule has 2 atom stereocenters. The van der Waals surface area contributed by atoms with Gasteiger partial charge in [-0.25, -0.2) is 0 Å². The van der Waals surface area contributed by atoms with Gasteiger partial charge in [0.25, 0.3) is 0 Å². The fourth-order valence-electron chi connectivity index (χ4n) is 1.72. The highest BCUT2D eigenvalue weighted by Gasteiger charge is 2.48. The van der Waals surface area contributed by atoms with Gasteiger partial charge in [0.05, 0.1) is 17.5 Å². The van der Waals surface area contributed by atoms with Crippen molar-refractivity contribution in [3.05, 3.63) is 28.2 Å². The minimum Gasteiger partial charge on any atom is -0.481 e. The third-order valence-corrected chi connectivity index (χ3v) is 3.52. The third kappa shape index (κ3) is 2.66. The van der Waals surface area contributed by atoms with E-state index in [9.17, 15) is 9.59 Å². The van der Waals surface area contributed by atoms with E-state index in [4.69, 9.17) is 5.11 Å². The molecule has 1 aliphatic carbocycles. The molecule has 90 valence electrons. The van der Waals surface area contributed by atoms with E-state index in [1.165, 1.54) is 0 Å². The second kappa shape index (κ2) is 4.49. The number of aliphatic carboxylic acids is 1. The zero-order valence-electron chi connectivity index (χ0n) is 9.24. The number of aryl methyl sites for hydroxylation is 1. The summed E-state index contributed by atoms with van der Waals surface area (Å²) < 4.78 is 0.795. The maximum atomic E-state index is 11.8. The number of nitrogens with one attached hydrogen (secondary N) is 1. The molecule has 0 aliphatic heterocycles. The van der Waals surface area contributed by atoms with E-state index in [-0.39, 0.29) is 11.8 Å². The number of carboxylic acids is 1. The predicted octanol–water partition coefficient (Wildman–Crippen LogP) is 2.42. The maximum Gasteiger partial charge on any atom is 0.307 e. The van der Waals surface area contributed by atoms with Gasteiger partial charge >= 0.3 is 5.97 Å². The first-order chi connectivity index (χ1) is 7.99. The number of halogens is 1. The van der Waals surface area contributed by atoms with Crippen molar-refractivity contribution in [3.63, 3.8) is 0 Å². The van der Waals surface area contributed by atoms with Crippen molar-refractivity contribution in [2.45, 2.75) is 13.3 Å². The van der Waals surface area contributed by atoms with Gasteiger partial charge in [-0.3, -0.25) is 9.59 Å². The van der Waals surface area contributed by atoms with Crippen LogP contribution in [0.4, 0.5) is 5.69 Å². The lowest BCUT2D eigenvalue weighted by Crippen LogP contribution is -2.17. The molecule has 1 aromatic carbocycles. The Morgan fingerprint density at radius 3 is 2.71 bits per heavy atom. The van der Waals surface area contributed by atoms with Crippen LogP contribution >= 0.6 is 15.9 Å². The van der Waals surface area contributed by atoms with E-state index in [0.29, 0.717) is 12.1 Å². The second-order valence-electron chi connectivity index (χ2n) is 4.26. The van der Waals surface area contributed by atoms with E-state index in [1.54, 1.807) is 0 Å². The van der Waals surface area contributed by atoms with E-state index in [0.717, 1.165) is 10.0 Å². The molecule has 4 nitrogen and oxygen atoms in total. The molecule has 2 N–H and O–H groups in total. The molecule has 1 aliphatic rings. The number of benzene rings is 1. The molecule has 17 heavy (non-hydrogen) atoms. The average molecular weight is 298 g/mol. The Labute approximate surface area is 107 Å². The smallest absolute Gasteiger partial charge is 0.307 e. The average Bonchev–Trinajstić information content (AvgIpc) is 3.03. The van der Waals surface area contributed by atoms with Crippen molar-refractivity contribution in [1.82, 2.24) is 0 Å². The van der Waals surface area contributed by atoms with Gasteiger partial charge in [0.2, 0.25) is 5.91 Å². The van der Waals surface area contributed by atoms with E-state index in [1.807, 2.05) is 25.1 Å². The molecule has 2 rings (SSSR count). The number of carbonyl (C=O) groups is 2. The van der Waals surface area contributed by atoms with Crippen molar-refractivity contribution in [3.8, 4) is 0 Å². The third-order valence-electron chi connectivity index (χ3n) is 2.82. The molecule has 0 unspecified atom stereocenters. The van der Waals surface area contributed by atoms with Gasteiger partial charge in [-0.15, -0.1) is 0 Å². The summed E-state index contributed by atoms with van der Waals surface area (Å²) in [5.41, 5.74) is 1.72. The first-order valence-electron chi connectivity index (χ1n) is 5.29. The van der Waals surface area contributed by atoms with E-state index >= 15 is 0 Å². The van der Waals surface area contributed by atoms with Crippen LogP contribution in [0.2, 0.25) is 0 Å². The van der Waals surface area contributed by atoms with Gasteiger partial charge in [-0.2, -0.15) is 0 Å². The minimum absolute atomic E-state index is 0.219. The Hall–Kier alpha value is -1.36. The summed E-state index contributed by atoms with van der Waals surface area (Å²) in [5.74, 6) is -2.02. The Bertz CT molecular complexity index is 487. The van der Waals surface area contributed by atoms with Crippen molar-refractivity contribution >= 4 is 33.5 Å². The lowest BCUT2D eigenvalue weighted by atomic mass is 10.2. The quantitative estimate of drug-likeness (QED) is 0.900. The number of carboxylic acid groups (broad SMARTS) is 1. The van der Waals surface area contributed by atoms with Crippen molar-refractivity contribution in [2.24, 2.45) is 11.8 Å². The molecule has 0 aromatic heterocycles. The lowest BCUT2D eigenvalue weighted by molar-refractivity contribution is -0.139. The lowest BCUT2D eigenvalue weighted by Gasteiger charge is -2.07. The fraction of sp³-hybridized carbons (Fsp3) is 0.333. The summed E-state index contributed by atoms with van der Waals surface area (Å²) in [5, 5.41) is 11.5. The minimum atomic E-state index is -0.895. The molecule has 0 spiro atoms. The Morgan fingerprint density at radius 2 is 2.12 bits per heavy atom. The summed E-state index contributed by atoms with van der Waals surface area (Å²) in [4.78, 5) is 22.4. The SMILES string of the molecule is Cc1ccc(Br)c(NC(=O)[C@@H]2C[C@@H]2C(=O)O)c1. The summed E-state index contributed by atoms with van der Waals surface area (Å²) in [6, 6.07) is 5.63. The van der Waals surface area contributed by atoms with Gasteiger partial charge in [-0.1, -0.05) is 6.07 Å². The maximum absolute atomic E-state index is 11.8. The molecule has 1 saturated carbocycles. The van der Waals surface area contributed by atoms with E-state index < -0.39 is 11.9 Å². The number of hydrogen-bond acceptors (Lipinski definition) is 2. The molecular weight excluding hydrogens is 286 g/mol. The Morgan fingerprint density at radius 1 is 1.41 bits per heavy atom. The van der Waals surface area contributed by atoms with Gasteiger partial charge in [0, 0.05) is 4.47 Å². The molecular formula is C12H12BrNO3. The summed E-state index contributed by atoms with van der Waals surface area (Å²) in [6.07, 6.45) is 0.435. The van der Waals surface area contributed by atoms with Gasteiger partial charge in [-0.05, 0) is 47.0 Å². The zero-order chi connectivity index (χ0) is 12.6. The van der Waals surface area contributed by atoms with Crippen LogP contribution in [0.15, 0.2) is 22.7 Å². The monoisotopic (exact) mass is 297 g/mol. The molecule has 0 saturated heterocycles. The normalized spacial score (nSPS) is 22.0. The molecule has 0 heterocycles. The van der Waals surface area contributed by atoms with Crippen molar-refractivity contribution in [2.75, 3.05) is 5.32 Å². The highest BCUT2D eigenvalue weighted by atomic mass is 79.9. The molecule has 1 fully saturated rings. The van der Waals surface area contributed by atoms with Crippen LogP contribution in [0.5, 0.6) is 0 Å². The topological polar surface area (TPSA) is 66.4 Å². The number of amides is 1. The number of carbonyl (C=O) groups excluding carboxylic acids is 1. The standard InChI is InChI=1S/C12H12BrNO3/c1-6-2-3-9(13)10(4-6)14-11(15)7-5-8(7)12(16)17/h2-4,7-8H,5H2,1H3,(H,14,15)(H,16,17)/t7-,8+/m1/s1. The number of rotatable bonds is 3. The Kier molecular flexibility index (Phi) is 3.19. The summed E-state index contributed by atoms with van der Waals surface area (Å²) in [7, 11) is 0. The first kappa shape index (κ1) is 12.1. The van der Waals surface area contributed by atoms with Crippen LogP contribution in [-0.4, -0.2) is 17.0 Å². The molecule has 5 heteroatoms. The van der Waals surface area contributed by atoms with Gasteiger partial charge in [0.15, 0.2) is 0 Å². The van der Waals surface area contributed by atoms with Gasteiger partial charge in [0.1, 0.15) is 0 Å². The van der Waals surface area contributed by atoms with Crippen LogP contribution in [0.25, 0.3) is 0 Å². The fourth-order valence-corrected chi connectivity index (χ4v) is 2.06. The molecule has 0 radical (unpaired) electrons. The predicted molar refractivity (Wildman–Crippen MR) is 66.7 cm³/mol. The van der Waals surface area contributed by atoms with Crippen LogP contribution < -0.4 is 5.32 Å². The highest BCUT2D eigenvalue weighted by molar-refractivity contribution is 9.10.